The minimum Gasteiger partial charge on any atom is -0.477 e. The van der Waals surface area contributed by atoms with Gasteiger partial charge in [0.25, 0.3) is 0 Å². The molecular formula is C12H8ClFN2O3. The van der Waals surface area contributed by atoms with Crippen LogP contribution in [-0.2, 0) is 0 Å². The number of nitrogen functional groups attached to an aromatic ring is 1. The lowest BCUT2D eigenvalue weighted by molar-refractivity contribution is 0.0695. The van der Waals surface area contributed by atoms with E-state index < -0.39 is 23.0 Å². The zero-order chi connectivity index (χ0) is 14.0. The molecule has 2 aromatic rings. The van der Waals surface area contributed by atoms with Gasteiger partial charge >= 0.3 is 5.97 Å². The minimum atomic E-state index is -1.39. The molecule has 0 saturated carbocycles. The molecule has 19 heavy (non-hydrogen) atoms. The molecule has 0 spiro atoms. The molecule has 0 fully saturated rings. The number of aromatic nitrogens is 1. The highest BCUT2D eigenvalue weighted by atomic mass is 35.5. The molecule has 7 heteroatoms. The topological polar surface area (TPSA) is 85.4 Å². The molecule has 0 aliphatic heterocycles. The van der Waals surface area contributed by atoms with Crippen LogP contribution in [0.2, 0.25) is 5.02 Å². The first-order valence-corrected chi connectivity index (χ1v) is 5.46. The number of carbonyl (C=O) groups is 1. The quantitative estimate of drug-likeness (QED) is 0.845. The van der Waals surface area contributed by atoms with Crippen LogP contribution in [-0.4, -0.2) is 16.1 Å². The normalized spacial score (nSPS) is 10.2. The molecule has 1 aromatic heterocycles. The van der Waals surface area contributed by atoms with Gasteiger partial charge in [0, 0.05) is 12.3 Å². The number of benzene rings is 1. The SMILES string of the molecule is Nc1c(F)ccc(Oc2cncc(Cl)c2)c1C(=O)O. The monoisotopic (exact) mass is 282 g/mol. The van der Waals surface area contributed by atoms with Gasteiger partial charge in [-0.15, -0.1) is 0 Å². The van der Waals surface area contributed by atoms with Gasteiger partial charge in [0.2, 0.25) is 0 Å². The van der Waals surface area contributed by atoms with Crippen molar-refractivity contribution in [3.8, 4) is 11.5 Å². The van der Waals surface area contributed by atoms with Gasteiger partial charge in [-0.3, -0.25) is 4.98 Å². The number of hydrogen-bond acceptors (Lipinski definition) is 4. The van der Waals surface area contributed by atoms with E-state index in [-0.39, 0.29) is 11.5 Å². The summed E-state index contributed by atoms with van der Waals surface area (Å²) in [4.78, 5) is 14.9. The predicted octanol–water partition coefficient (Wildman–Crippen LogP) is 2.95. The molecular weight excluding hydrogens is 275 g/mol. The first-order chi connectivity index (χ1) is 8.99. The van der Waals surface area contributed by atoms with Gasteiger partial charge in [0.1, 0.15) is 22.9 Å². The van der Waals surface area contributed by atoms with E-state index in [2.05, 4.69) is 4.98 Å². The second kappa shape index (κ2) is 5.11. The highest BCUT2D eigenvalue weighted by Crippen LogP contribution is 2.31. The zero-order valence-corrected chi connectivity index (χ0v) is 10.2. The minimum absolute atomic E-state index is 0.0875. The number of halogens is 2. The molecule has 0 aliphatic rings. The fourth-order valence-corrected chi connectivity index (χ4v) is 1.62. The van der Waals surface area contributed by atoms with Crippen LogP contribution < -0.4 is 10.5 Å². The Morgan fingerprint density at radius 2 is 2.16 bits per heavy atom. The molecule has 2 rings (SSSR count). The van der Waals surface area contributed by atoms with E-state index in [0.29, 0.717) is 5.02 Å². The molecule has 0 atom stereocenters. The van der Waals surface area contributed by atoms with Crippen LogP contribution in [0.5, 0.6) is 11.5 Å². The van der Waals surface area contributed by atoms with Gasteiger partial charge < -0.3 is 15.6 Å². The van der Waals surface area contributed by atoms with Gasteiger partial charge in [0.15, 0.2) is 0 Å². The maximum absolute atomic E-state index is 13.2. The predicted molar refractivity (Wildman–Crippen MR) is 67.1 cm³/mol. The van der Waals surface area contributed by atoms with Crippen molar-refractivity contribution < 1.29 is 19.0 Å². The largest absolute Gasteiger partial charge is 0.477 e. The number of carboxylic acids is 1. The van der Waals surface area contributed by atoms with Crippen molar-refractivity contribution in [3.63, 3.8) is 0 Å². The Balaban J connectivity index is 2.46. The molecule has 0 unspecified atom stereocenters. The Bertz CT molecular complexity index is 649. The summed E-state index contributed by atoms with van der Waals surface area (Å²) in [5.74, 6) is -2.08. The molecule has 0 amide bonds. The van der Waals surface area contributed by atoms with Crippen LogP contribution in [0.1, 0.15) is 10.4 Å². The average molecular weight is 283 g/mol. The summed E-state index contributed by atoms with van der Waals surface area (Å²) in [7, 11) is 0. The molecule has 0 bridgehead atoms. The second-order valence-electron chi connectivity index (χ2n) is 3.58. The molecule has 5 nitrogen and oxygen atoms in total. The summed E-state index contributed by atoms with van der Waals surface area (Å²) < 4.78 is 18.6. The summed E-state index contributed by atoms with van der Waals surface area (Å²) in [5, 5.41) is 9.36. The smallest absolute Gasteiger partial charge is 0.341 e. The van der Waals surface area contributed by atoms with Gasteiger partial charge in [0.05, 0.1) is 16.9 Å². The Hall–Kier alpha value is -2.34. The lowest BCUT2D eigenvalue weighted by Gasteiger charge is -2.10. The number of carboxylic acid groups (broad SMARTS) is 1. The maximum Gasteiger partial charge on any atom is 0.341 e. The number of nitrogens with two attached hydrogens (primary N) is 1. The highest BCUT2D eigenvalue weighted by molar-refractivity contribution is 6.30. The number of hydrogen-bond donors (Lipinski definition) is 2. The zero-order valence-electron chi connectivity index (χ0n) is 9.43. The fraction of sp³-hybridized carbons (Fsp3) is 0. The number of anilines is 1. The van der Waals surface area contributed by atoms with Crippen LogP contribution in [0.15, 0.2) is 30.6 Å². The van der Waals surface area contributed by atoms with E-state index in [1.165, 1.54) is 24.5 Å². The van der Waals surface area contributed by atoms with E-state index in [4.69, 9.17) is 27.2 Å². The van der Waals surface area contributed by atoms with Crippen molar-refractivity contribution in [3.05, 3.63) is 47.0 Å². The van der Waals surface area contributed by atoms with Crippen molar-refractivity contribution >= 4 is 23.3 Å². The van der Waals surface area contributed by atoms with E-state index in [0.717, 1.165) is 6.07 Å². The van der Waals surface area contributed by atoms with Gasteiger partial charge in [-0.25, -0.2) is 9.18 Å². The Morgan fingerprint density at radius 3 is 2.79 bits per heavy atom. The number of rotatable bonds is 3. The van der Waals surface area contributed by atoms with Gasteiger partial charge in [-0.1, -0.05) is 11.6 Å². The van der Waals surface area contributed by atoms with Crippen LogP contribution in [0, 0.1) is 5.82 Å². The molecule has 3 N–H and O–H groups in total. The standard InChI is InChI=1S/C12H8ClFN2O3/c13-6-3-7(5-16-4-6)19-9-2-1-8(14)11(15)10(9)12(17)18/h1-5H,15H2,(H,17,18). The summed E-state index contributed by atoms with van der Waals surface area (Å²) in [6, 6.07) is 3.64. The van der Waals surface area contributed by atoms with Crippen molar-refractivity contribution in [2.45, 2.75) is 0 Å². The van der Waals surface area contributed by atoms with Gasteiger partial charge in [-0.2, -0.15) is 0 Å². The molecule has 1 heterocycles. The molecule has 98 valence electrons. The molecule has 0 aliphatic carbocycles. The van der Waals surface area contributed by atoms with Crippen molar-refractivity contribution in [2.24, 2.45) is 0 Å². The first-order valence-electron chi connectivity index (χ1n) is 5.08. The third kappa shape index (κ3) is 2.74. The van der Waals surface area contributed by atoms with Crippen molar-refractivity contribution in [1.29, 1.82) is 0 Å². The third-order valence-electron chi connectivity index (χ3n) is 2.28. The van der Waals surface area contributed by atoms with Crippen molar-refractivity contribution in [1.82, 2.24) is 4.98 Å². The lowest BCUT2D eigenvalue weighted by atomic mass is 10.1. The second-order valence-corrected chi connectivity index (χ2v) is 4.02. The number of pyridine rings is 1. The Kier molecular flexibility index (Phi) is 3.52. The van der Waals surface area contributed by atoms with Crippen LogP contribution in [0.3, 0.4) is 0 Å². The Morgan fingerprint density at radius 1 is 1.42 bits per heavy atom. The maximum atomic E-state index is 13.2. The van der Waals surface area contributed by atoms with E-state index in [9.17, 15) is 9.18 Å². The Labute approximate surface area is 112 Å². The van der Waals surface area contributed by atoms with Crippen LogP contribution in [0.4, 0.5) is 10.1 Å². The molecule has 0 radical (unpaired) electrons. The first kappa shape index (κ1) is 13.1. The van der Waals surface area contributed by atoms with Crippen LogP contribution in [0.25, 0.3) is 0 Å². The number of aromatic carboxylic acids is 1. The van der Waals surface area contributed by atoms with Crippen LogP contribution >= 0.6 is 11.6 Å². The van der Waals surface area contributed by atoms with E-state index in [1.54, 1.807) is 0 Å². The molecule has 1 aromatic carbocycles. The summed E-state index contributed by atoms with van der Waals surface area (Å²) in [6.45, 7) is 0. The lowest BCUT2D eigenvalue weighted by Crippen LogP contribution is -2.07. The molecule has 0 saturated heterocycles. The summed E-state index contributed by atoms with van der Waals surface area (Å²) in [6.07, 6.45) is 2.74. The number of nitrogens with zero attached hydrogens (tertiary/aromatic N) is 1. The van der Waals surface area contributed by atoms with Gasteiger partial charge in [-0.05, 0) is 12.1 Å². The van der Waals surface area contributed by atoms with Crippen molar-refractivity contribution in [2.75, 3.05) is 5.73 Å². The summed E-state index contributed by atoms with van der Waals surface area (Å²) >= 11 is 5.73. The number of ether oxygens (including phenoxy) is 1. The average Bonchev–Trinajstić information content (AvgIpc) is 2.33. The van der Waals surface area contributed by atoms with E-state index >= 15 is 0 Å². The van der Waals surface area contributed by atoms with E-state index in [1.807, 2.05) is 0 Å². The fourth-order valence-electron chi connectivity index (χ4n) is 1.45. The highest BCUT2D eigenvalue weighted by Gasteiger charge is 2.19. The third-order valence-corrected chi connectivity index (χ3v) is 2.48. The summed E-state index contributed by atoms with van der Waals surface area (Å²) in [5.41, 5.74) is 4.46.